The molecule has 1 aromatic heterocycles. The van der Waals surface area contributed by atoms with Crippen LogP contribution < -0.4 is 9.30 Å². The van der Waals surface area contributed by atoms with Crippen LogP contribution in [0.2, 0.25) is 0 Å². The number of nitrogens with zero attached hydrogens (tertiary/aromatic N) is 1. The molecule has 0 N–H and O–H groups in total. The molecule has 0 saturated heterocycles. The Balaban J connectivity index is 1.58. The first kappa shape index (κ1) is 22.6. The minimum Gasteiger partial charge on any atom is -0.450 e. The standard InChI is InChI=1S/C33H38NO/c1-20-14-26-15-22(19-33(3,4)5)16-28-31(26)30(21(20)2)32-29(35-28)18-25-17-24(12-13-27(25)34(32)6)23-10-8-7-9-11-23/h12-18,23H,7-11,19H2,1-6H3/q+1. The van der Waals surface area contributed by atoms with E-state index < -0.39 is 0 Å². The number of hydrogen-bond acceptors (Lipinski definition) is 1. The van der Waals surface area contributed by atoms with Gasteiger partial charge in [-0.1, -0.05) is 58.2 Å². The van der Waals surface area contributed by atoms with Crippen LogP contribution in [-0.4, -0.2) is 0 Å². The highest BCUT2D eigenvalue weighted by Gasteiger charge is 2.32. The topological polar surface area (TPSA) is 13.1 Å². The summed E-state index contributed by atoms with van der Waals surface area (Å²) in [6.07, 6.45) is 7.79. The van der Waals surface area contributed by atoms with Crippen LogP contribution in [0.4, 0.5) is 0 Å². The van der Waals surface area contributed by atoms with Gasteiger partial charge in [-0.3, -0.25) is 0 Å². The number of hydrogen-bond donors (Lipinski definition) is 0. The second-order valence-corrected chi connectivity index (χ2v) is 12.3. The van der Waals surface area contributed by atoms with Crippen LogP contribution in [0.3, 0.4) is 0 Å². The third-order valence-electron chi connectivity index (χ3n) is 8.32. The van der Waals surface area contributed by atoms with Crippen LogP contribution in [0.25, 0.3) is 32.9 Å². The predicted octanol–water partition coefficient (Wildman–Crippen LogP) is 8.84. The van der Waals surface area contributed by atoms with Crippen molar-refractivity contribution >= 4 is 21.7 Å². The summed E-state index contributed by atoms with van der Waals surface area (Å²) in [6, 6.07) is 16.5. The average molecular weight is 465 g/mol. The van der Waals surface area contributed by atoms with Crippen LogP contribution in [0.15, 0.2) is 42.5 Å². The molecule has 35 heavy (non-hydrogen) atoms. The molecule has 2 heterocycles. The lowest BCUT2D eigenvalue weighted by atomic mass is 9.83. The predicted molar refractivity (Wildman–Crippen MR) is 147 cm³/mol. The Morgan fingerprint density at radius 1 is 0.886 bits per heavy atom. The maximum atomic E-state index is 6.75. The van der Waals surface area contributed by atoms with Gasteiger partial charge >= 0.3 is 0 Å². The summed E-state index contributed by atoms with van der Waals surface area (Å²) < 4.78 is 9.12. The highest BCUT2D eigenvalue weighted by molar-refractivity contribution is 6.05. The lowest BCUT2D eigenvalue weighted by Crippen LogP contribution is -2.33. The largest absolute Gasteiger partial charge is 0.450 e. The lowest BCUT2D eigenvalue weighted by Gasteiger charge is -2.25. The number of rotatable bonds is 2. The maximum Gasteiger partial charge on any atom is 0.256 e. The van der Waals surface area contributed by atoms with Crippen molar-refractivity contribution in [1.29, 1.82) is 0 Å². The van der Waals surface area contributed by atoms with Gasteiger partial charge in [-0.2, -0.15) is 4.57 Å². The van der Waals surface area contributed by atoms with Crippen molar-refractivity contribution in [2.75, 3.05) is 0 Å². The van der Waals surface area contributed by atoms with E-state index in [1.165, 1.54) is 87.3 Å². The van der Waals surface area contributed by atoms with Crippen LogP contribution in [0.5, 0.6) is 11.5 Å². The van der Waals surface area contributed by atoms with Gasteiger partial charge in [-0.25, -0.2) is 0 Å². The molecule has 0 unspecified atom stereocenters. The Bertz CT molecular complexity index is 1480. The van der Waals surface area contributed by atoms with E-state index in [4.69, 9.17) is 4.74 Å². The maximum absolute atomic E-state index is 6.75. The zero-order chi connectivity index (χ0) is 24.5. The summed E-state index contributed by atoms with van der Waals surface area (Å²) in [5, 5.41) is 3.83. The Hall–Kier alpha value is -2.87. The van der Waals surface area contributed by atoms with E-state index in [1.807, 2.05) is 0 Å². The fourth-order valence-electron chi connectivity index (χ4n) is 6.56. The molecule has 1 saturated carbocycles. The van der Waals surface area contributed by atoms with E-state index in [1.54, 1.807) is 0 Å². The summed E-state index contributed by atoms with van der Waals surface area (Å²) in [5.74, 6) is 2.70. The fraction of sp³-hybridized carbons (Fsp3) is 0.424. The number of aryl methyl sites for hydroxylation is 2. The third-order valence-corrected chi connectivity index (χ3v) is 8.32. The molecule has 180 valence electrons. The summed E-state index contributed by atoms with van der Waals surface area (Å²) in [7, 11) is 2.21. The molecule has 0 bridgehead atoms. The minimum absolute atomic E-state index is 0.230. The number of aromatic nitrogens is 1. The Labute approximate surface area is 209 Å². The van der Waals surface area contributed by atoms with Gasteiger partial charge in [0.1, 0.15) is 12.8 Å². The van der Waals surface area contributed by atoms with E-state index in [0.29, 0.717) is 5.92 Å². The van der Waals surface area contributed by atoms with E-state index in [9.17, 15) is 0 Å². The van der Waals surface area contributed by atoms with Crippen molar-refractivity contribution in [2.45, 2.75) is 79.1 Å². The first-order valence-corrected chi connectivity index (χ1v) is 13.4. The Morgan fingerprint density at radius 2 is 1.66 bits per heavy atom. The second-order valence-electron chi connectivity index (χ2n) is 12.3. The van der Waals surface area contributed by atoms with Crippen LogP contribution in [0, 0.1) is 19.3 Å². The van der Waals surface area contributed by atoms with Gasteiger partial charge in [0.25, 0.3) is 5.69 Å². The molecule has 2 nitrogen and oxygen atoms in total. The zero-order valence-corrected chi connectivity index (χ0v) is 22.2. The van der Waals surface area contributed by atoms with Crippen molar-refractivity contribution < 1.29 is 9.30 Å². The molecule has 0 amide bonds. The zero-order valence-electron chi connectivity index (χ0n) is 22.2. The highest BCUT2D eigenvalue weighted by atomic mass is 16.5. The molecule has 6 rings (SSSR count). The van der Waals surface area contributed by atoms with Gasteiger partial charge < -0.3 is 4.74 Å². The molecule has 1 fully saturated rings. The van der Waals surface area contributed by atoms with Crippen molar-refractivity contribution in [3.05, 3.63) is 64.7 Å². The van der Waals surface area contributed by atoms with Crippen molar-refractivity contribution in [3.63, 3.8) is 0 Å². The van der Waals surface area contributed by atoms with Crippen molar-refractivity contribution in [1.82, 2.24) is 0 Å². The van der Waals surface area contributed by atoms with Crippen molar-refractivity contribution in [2.24, 2.45) is 12.5 Å². The molecule has 1 aliphatic heterocycles. The smallest absolute Gasteiger partial charge is 0.256 e. The molecule has 1 aliphatic carbocycles. The summed E-state index contributed by atoms with van der Waals surface area (Å²) >= 11 is 0. The molecule has 3 aromatic carbocycles. The van der Waals surface area contributed by atoms with Gasteiger partial charge in [-0.15, -0.1) is 0 Å². The number of benzene rings is 3. The summed E-state index contributed by atoms with van der Waals surface area (Å²) in [6.45, 7) is 11.4. The van der Waals surface area contributed by atoms with Gasteiger partial charge in [-0.05, 0) is 84.2 Å². The van der Waals surface area contributed by atoms with Crippen LogP contribution in [-0.2, 0) is 13.5 Å². The number of ether oxygens (including phenoxy) is 1. The molecular formula is C33H38NO+. The quantitative estimate of drug-likeness (QED) is 0.238. The SMILES string of the molecule is Cc1cc2cc(CC(C)(C)C)cc3c2c(c1C)-c1c(cc2cc(C4CCCCC4)ccc2[n+]1C)O3. The molecular weight excluding hydrogens is 426 g/mol. The monoisotopic (exact) mass is 464 g/mol. The van der Waals surface area contributed by atoms with E-state index in [0.717, 1.165) is 17.9 Å². The molecule has 2 aliphatic rings. The molecule has 4 aromatic rings. The summed E-state index contributed by atoms with van der Waals surface area (Å²) in [5.41, 5.74) is 9.57. The molecule has 0 radical (unpaired) electrons. The van der Waals surface area contributed by atoms with Gasteiger partial charge in [0.15, 0.2) is 5.75 Å². The normalized spacial score (nSPS) is 15.9. The number of pyridine rings is 1. The minimum atomic E-state index is 0.230. The lowest BCUT2D eigenvalue weighted by molar-refractivity contribution is -0.633. The number of fused-ring (bicyclic) bond motifs is 3. The Morgan fingerprint density at radius 3 is 2.40 bits per heavy atom. The molecule has 2 heteroatoms. The third kappa shape index (κ3) is 3.82. The van der Waals surface area contributed by atoms with E-state index >= 15 is 0 Å². The van der Waals surface area contributed by atoms with Crippen molar-refractivity contribution in [3.8, 4) is 22.8 Å². The van der Waals surface area contributed by atoms with Gasteiger partial charge in [0, 0.05) is 17.5 Å². The molecule has 0 spiro atoms. The van der Waals surface area contributed by atoms with Gasteiger partial charge in [0.2, 0.25) is 5.52 Å². The van der Waals surface area contributed by atoms with Crippen LogP contribution in [0.1, 0.15) is 81.0 Å². The highest BCUT2D eigenvalue weighted by Crippen LogP contribution is 2.49. The van der Waals surface area contributed by atoms with Gasteiger partial charge in [0.05, 0.1) is 10.9 Å². The Kier molecular flexibility index (Phi) is 5.22. The first-order valence-electron chi connectivity index (χ1n) is 13.4. The second kappa shape index (κ2) is 8.08. The van der Waals surface area contributed by atoms with E-state index in [-0.39, 0.29) is 5.41 Å². The first-order chi connectivity index (χ1) is 16.7. The van der Waals surface area contributed by atoms with E-state index in [2.05, 4.69) is 88.7 Å². The average Bonchev–Trinajstić information content (AvgIpc) is 2.81. The fourth-order valence-corrected chi connectivity index (χ4v) is 6.56. The molecule has 0 atom stereocenters. The van der Waals surface area contributed by atoms with Crippen LogP contribution >= 0.6 is 0 Å². The summed E-state index contributed by atoms with van der Waals surface area (Å²) in [4.78, 5) is 0.